The fourth-order valence-corrected chi connectivity index (χ4v) is 1.08. The van der Waals surface area contributed by atoms with E-state index in [2.05, 4.69) is 6.58 Å². The maximum absolute atomic E-state index is 10.8. The van der Waals surface area contributed by atoms with Gasteiger partial charge in [-0.15, -0.1) is 0 Å². The molecule has 0 saturated carbocycles. The largest absolute Gasteiger partial charge is 0.290 e. The third-order valence-electron chi connectivity index (χ3n) is 1.88. The number of allylic oxidation sites excluding steroid dienone is 6. The lowest BCUT2D eigenvalue weighted by Crippen LogP contribution is -1.80. The van der Waals surface area contributed by atoms with Crippen LogP contribution in [0.1, 0.15) is 5.56 Å². The summed E-state index contributed by atoms with van der Waals surface area (Å²) in [5, 5.41) is 0. The second-order valence-electron chi connectivity index (χ2n) is 3.12. The van der Waals surface area contributed by atoms with Crippen molar-refractivity contribution < 1.29 is 4.79 Å². The minimum atomic E-state index is -0.0864. The number of hydrogen-bond acceptors (Lipinski definition) is 1. The highest BCUT2D eigenvalue weighted by atomic mass is 16.1. The van der Waals surface area contributed by atoms with Gasteiger partial charge in [-0.25, -0.2) is 0 Å². The van der Waals surface area contributed by atoms with Crippen molar-refractivity contribution in [3.8, 4) is 0 Å². The summed E-state index contributed by atoms with van der Waals surface area (Å²) in [6.07, 6.45) is 12.1. The Hall–Kier alpha value is -2.15. The summed E-state index contributed by atoms with van der Waals surface area (Å²) in [7, 11) is 0. The first-order chi connectivity index (χ1) is 7.83. The first-order valence-electron chi connectivity index (χ1n) is 5.06. The Kier molecular flexibility index (Phi) is 5.35. The third kappa shape index (κ3) is 4.91. The molecule has 0 aliphatic rings. The first kappa shape index (κ1) is 11.9. The monoisotopic (exact) mass is 210 g/mol. The van der Waals surface area contributed by atoms with Gasteiger partial charge in [-0.05, 0) is 17.7 Å². The van der Waals surface area contributed by atoms with E-state index in [1.54, 1.807) is 12.2 Å². The second-order valence-corrected chi connectivity index (χ2v) is 3.12. The lowest BCUT2D eigenvalue weighted by Gasteiger charge is -1.87. The zero-order valence-corrected chi connectivity index (χ0v) is 9.04. The van der Waals surface area contributed by atoms with Crippen molar-refractivity contribution in [1.82, 2.24) is 0 Å². The zero-order chi connectivity index (χ0) is 11.6. The van der Waals surface area contributed by atoms with E-state index in [-0.39, 0.29) is 5.78 Å². The average molecular weight is 210 g/mol. The molecule has 1 nitrogen and oxygen atoms in total. The summed E-state index contributed by atoms with van der Waals surface area (Å²) in [5.41, 5.74) is 1.15. The van der Waals surface area contributed by atoms with E-state index in [0.717, 1.165) is 5.56 Å². The van der Waals surface area contributed by atoms with Crippen molar-refractivity contribution in [2.45, 2.75) is 0 Å². The highest BCUT2D eigenvalue weighted by Gasteiger charge is 1.81. The van der Waals surface area contributed by atoms with Gasteiger partial charge in [0, 0.05) is 0 Å². The van der Waals surface area contributed by atoms with Crippen LogP contribution in [0.5, 0.6) is 0 Å². The van der Waals surface area contributed by atoms with Crippen LogP contribution in [-0.4, -0.2) is 5.78 Å². The molecule has 0 atom stereocenters. The minimum absolute atomic E-state index is 0.0864. The number of ketones is 1. The Labute approximate surface area is 96.1 Å². The minimum Gasteiger partial charge on any atom is -0.290 e. The van der Waals surface area contributed by atoms with Crippen molar-refractivity contribution in [2.75, 3.05) is 0 Å². The van der Waals surface area contributed by atoms with E-state index in [0.29, 0.717) is 0 Å². The van der Waals surface area contributed by atoms with E-state index in [1.807, 2.05) is 48.6 Å². The lowest BCUT2D eigenvalue weighted by atomic mass is 10.2. The molecule has 0 aliphatic heterocycles. The Morgan fingerprint density at radius 2 is 1.69 bits per heavy atom. The topological polar surface area (TPSA) is 17.1 Å². The van der Waals surface area contributed by atoms with Gasteiger partial charge in [0.1, 0.15) is 0 Å². The molecule has 1 heteroatoms. The fraction of sp³-hybridized carbons (Fsp3) is 0. The molecule has 0 radical (unpaired) electrons. The molecular weight excluding hydrogens is 196 g/mol. The number of carbonyl (C=O) groups excluding carboxylic acids is 1. The molecule has 0 amide bonds. The molecular formula is C15H14O. The van der Waals surface area contributed by atoms with Gasteiger partial charge in [0.05, 0.1) is 0 Å². The lowest BCUT2D eigenvalue weighted by molar-refractivity contribution is -0.110. The molecule has 80 valence electrons. The molecule has 16 heavy (non-hydrogen) atoms. The molecule has 0 aromatic heterocycles. The molecule has 1 aromatic rings. The molecule has 0 unspecified atom stereocenters. The number of carbonyl (C=O) groups is 1. The van der Waals surface area contributed by atoms with Crippen LogP contribution in [0.25, 0.3) is 6.08 Å². The van der Waals surface area contributed by atoms with Gasteiger partial charge in [0.15, 0.2) is 5.78 Å². The van der Waals surface area contributed by atoms with Gasteiger partial charge in [-0.1, -0.05) is 67.3 Å². The standard InChI is InChI=1S/C15H14O/c1-2-15(16)13-9-4-3-6-10-14-11-7-5-8-12-14/h2-13H,1H2/b4-3+,10-6+,13-9+. The summed E-state index contributed by atoms with van der Waals surface area (Å²) in [4.78, 5) is 10.8. The highest BCUT2D eigenvalue weighted by molar-refractivity contribution is 5.98. The predicted molar refractivity (Wildman–Crippen MR) is 69.0 cm³/mol. The number of hydrogen-bond donors (Lipinski definition) is 0. The van der Waals surface area contributed by atoms with E-state index in [1.165, 1.54) is 12.2 Å². The first-order valence-corrected chi connectivity index (χ1v) is 5.06. The van der Waals surface area contributed by atoms with Gasteiger partial charge < -0.3 is 0 Å². The van der Waals surface area contributed by atoms with E-state index >= 15 is 0 Å². The zero-order valence-electron chi connectivity index (χ0n) is 9.04. The Balaban J connectivity index is 2.43. The summed E-state index contributed by atoms with van der Waals surface area (Å²) in [6, 6.07) is 10.0. The van der Waals surface area contributed by atoms with Crippen molar-refractivity contribution in [1.29, 1.82) is 0 Å². The van der Waals surface area contributed by atoms with E-state index in [9.17, 15) is 4.79 Å². The number of rotatable bonds is 5. The maximum atomic E-state index is 10.8. The van der Waals surface area contributed by atoms with Gasteiger partial charge in [-0.2, -0.15) is 0 Å². The average Bonchev–Trinajstić information content (AvgIpc) is 2.34. The van der Waals surface area contributed by atoms with Gasteiger partial charge in [-0.3, -0.25) is 4.79 Å². The molecule has 0 saturated heterocycles. The summed E-state index contributed by atoms with van der Waals surface area (Å²) >= 11 is 0. The third-order valence-corrected chi connectivity index (χ3v) is 1.88. The van der Waals surface area contributed by atoms with Gasteiger partial charge in [0.25, 0.3) is 0 Å². The molecule has 0 bridgehead atoms. The Morgan fingerprint density at radius 1 is 1.00 bits per heavy atom. The van der Waals surface area contributed by atoms with Gasteiger partial charge >= 0.3 is 0 Å². The quantitative estimate of drug-likeness (QED) is 0.536. The van der Waals surface area contributed by atoms with Crippen molar-refractivity contribution >= 4 is 11.9 Å². The van der Waals surface area contributed by atoms with Crippen LogP contribution in [0.4, 0.5) is 0 Å². The molecule has 1 rings (SSSR count). The molecule has 0 N–H and O–H groups in total. The smallest absolute Gasteiger partial charge is 0.178 e. The normalized spacial score (nSPS) is 11.5. The van der Waals surface area contributed by atoms with E-state index in [4.69, 9.17) is 0 Å². The fourth-order valence-electron chi connectivity index (χ4n) is 1.08. The van der Waals surface area contributed by atoms with Gasteiger partial charge in [0.2, 0.25) is 0 Å². The van der Waals surface area contributed by atoms with Crippen LogP contribution in [0, 0.1) is 0 Å². The SMILES string of the molecule is C=CC(=O)/C=C/C=C/C=C/c1ccccc1. The summed E-state index contributed by atoms with van der Waals surface area (Å²) in [6.45, 7) is 3.38. The molecule has 0 heterocycles. The van der Waals surface area contributed by atoms with Crippen molar-refractivity contribution in [3.05, 3.63) is 78.9 Å². The van der Waals surface area contributed by atoms with Crippen LogP contribution < -0.4 is 0 Å². The van der Waals surface area contributed by atoms with E-state index < -0.39 is 0 Å². The molecule has 0 aliphatic carbocycles. The molecule has 1 aromatic carbocycles. The van der Waals surface area contributed by atoms with Crippen LogP contribution >= 0.6 is 0 Å². The second kappa shape index (κ2) is 7.18. The van der Waals surface area contributed by atoms with Crippen molar-refractivity contribution in [2.24, 2.45) is 0 Å². The molecule has 0 spiro atoms. The Morgan fingerprint density at radius 3 is 2.38 bits per heavy atom. The summed E-state index contributed by atoms with van der Waals surface area (Å²) < 4.78 is 0. The van der Waals surface area contributed by atoms with Crippen LogP contribution in [0.15, 0.2) is 73.4 Å². The van der Waals surface area contributed by atoms with Crippen LogP contribution in [-0.2, 0) is 4.79 Å². The maximum Gasteiger partial charge on any atom is 0.178 e. The van der Waals surface area contributed by atoms with Crippen LogP contribution in [0.2, 0.25) is 0 Å². The van der Waals surface area contributed by atoms with Crippen molar-refractivity contribution in [3.63, 3.8) is 0 Å². The predicted octanol–water partition coefficient (Wildman–Crippen LogP) is 3.57. The number of benzene rings is 1. The Bertz CT molecular complexity index is 422. The van der Waals surface area contributed by atoms with Crippen LogP contribution in [0.3, 0.4) is 0 Å². The molecule has 0 fully saturated rings. The highest BCUT2D eigenvalue weighted by Crippen LogP contribution is 2.00. The summed E-state index contributed by atoms with van der Waals surface area (Å²) in [5.74, 6) is -0.0864.